The summed E-state index contributed by atoms with van der Waals surface area (Å²) in [5.41, 5.74) is 0. The molecule has 1 aliphatic heterocycles. The molecule has 2 amide bonds. The summed E-state index contributed by atoms with van der Waals surface area (Å²) in [6, 6.07) is 2.44. The van der Waals surface area contributed by atoms with Crippen molar-refractivity contribution in [3.05, 3.63) is 34.5 Å². The highest BCUT2D eigenvalue weighted by Gasteiger charge is 2.34. The maximum Gasteiger partial charge on any atom is 0.410 e. The van der Waals surface area contributed by atoms with Crippen LogP contribution in [0.2, 0.25) is 0 Å². The molecule has 1 fully saturated rings. The number of nitrogens with one attached hydrogen (secondary N) is 1. The second-order valence-electron chi connectivity index (χ2n) is 5.72. The van der Waals surface area contributed by atoms with E-state index in [1.807, 2.05) is 0 Å². The van der Waals surface area contributed by atoms with Crippen molar-refractivity contribution in [1.29, 1.82) is 0 Å². The van der Waals surface area contributed by atoms with E-state index < -0.39 is 34.3 Å². The lowest BCUT2D eigenvalue weighted by Crippen LogP contribution is -2.43. The number of rotatable bonds is 7. The topological polar surface area (TPSA) is 119 Å². The number of likely N-dealkylation sites (tertiary alicyclic amines) is 1. The molecule has 11 heteroatoms. The molecule has 1 N–H and O–H groups in total. The average Bonchev–Trinajstić information content (AvgIpc) is 3.32. The van der Waals surface area contributed by atoms with Crippen LogP contribution in [0.1, 0.15) is 32.7 Å². The van der Waals surface area contributed by atoms with Crippen molar-refractivity contribution < 1.29 is 32.3 Å². The normalized spacial score (nSPS) is 15.8. The molecule has 0 bridgehead atoms. The van der Waals surface area contributed by atoms with Gasteiger partial charge in [0.05, 0.1) is 28.9 Å². The van der Waals surface area contributed by atoms with Gasteiger partial charge in [-0.2, -0.15) is 8.42 Å². The van der Waals surface area contributed by atoms with Crippen LogP contribution in [-0.4, -0.2) is 68.5 Å². The smallest absolute Gasteiger partial charge is 0.410 e. The second kappa shape index (κ2) is 10.0. The molecule has 9 nitrogen and oxygen atoms in total. The van der Waals surface area contributed by atoms with Crippen molar-refractivity contribution in [3.8, 4) is 0 Å². The van der Waals surface area contributed by atoms with Gasteiger partial charge >= 0.3 is 12.1 Å². The lowest BCUT2D eigenvalue weighted by molar-refractivity contribution is 0.0532. The van der Waals surface area contributed by atoms with Crippen molar-refractivity contribution in [2.24, 2.45) is 0 Å². The maximum atomic E-state index is 12.3. The number of nitrogens with zero attached hydrogens (tertiary/aromatic N) is 1. The fourth-order valence-corrected chi connectivity index (χ4v) is 3.95. The Morgan fingerprint density at radius 2 is 2.04 bits per heavy atom. The van der Waals surface area contributed by atoms with E-state index in [1.54, 1.807) is 6.92 Å². The van der Waals surface area contributed by atoms with Crippen LogP contribution in [0, 0.1) is 0 Å². The minimum absolute atomic E-state index is 0.00393. The zero-order valence-corrected chi connectivity index (χ0v) is 16.8. The summed E-state index contributed by atoms with van der Waals surface area (Å²) in [7, 11) is -2.42. The second-order valence-corrected chi connectivity index (χ2v) is 7.85. The molecule has 0 aliphatic carbocycles. The van der Waals surface area contributed by atoms with Gasteiger partial charge in [0.25, 0.3) is 5.91 Å². The van der Waals surface area contributed by atoms with E-state index in [1.165, 1.54) is 23.1 Å². The van der Waals surface area contributed by atoms with Gasteiger partial charge in [-0.25, -0.2) is 9.59 Å². The van der Waals surface area contributed by atoms with Gasteiger partial charge in [0.2, 0.25) is 10.3 Å². The summed E-state index contributed by atoms with van der Waals surface area (Å²) in [4.78, 5) is 38.2. The number of carbonyl (C=O) groups is 3. The number of amides is 2. The zero-order chi connectivity index (χ0) is 20.7. The average molecular weight is 428 g/mol. The van der Waals surface area contributed by atoms with Crippen LogP contribution in [0.4, 0.5) is 4.79 Å². The van der Waals surface area contributed by atoms with Crippen molar-refractivity contribution >= 4 is 44.5 Å². The van der Waals surface area contributed by atoms with E-state index in [-0.39, 0.29) is 37.6 Å². The van der Waals surface area contributed by atoms with Gasteiger partial charge in [0.15, 0.2) is 0 Å². The Kier molecular flexibility index (Phi) is 7.76. The zero-order valence-electron chi connectivity index (χ0n) is 15.2. The lowest BCUT2D eigenvalue weighted by Gasteiger charge is -2.23. The fourth-order valence-electron chi connectivity index (χ4n) is 2.56. The Labute approximate surface area is 167 Å². The molecular weight excluding hydrogens is 408 g/mol. The minimum atomic E-state index is -2.42. The molecule has 0 spiro atoms. The molecule has 0 unspecified atom stereocenters. The quantitative estimate of drug-likeness (QED) is 0.392. The molecule has 1 aromatic rings. The van der Waals surface area contributed by atoms with Crippen molar-refractivity contribution in [2.45, 2.75) is 19.4 Å². The largest absolute Gasteiger partial charge is 0.462 e. The van der Waals surface area contributed by atoms with E-state index in [4.69, 9.17) is 9.47 Å². The van der Waals surface area contributed by atoms with Gasteiger partial charge < -0.3 is 14.8 Å². The van der Waals surface area contributed by atoms with Crippen LogP contribution in [0.3, 0.4) is 0 Å². The molecule has 2 rings (SSSR count). The highest BCUT2D eigenvalue weighted by atomic mass is 32.2. The number of esters is 1. The molecule has 1 atom stereocenters. The minimum Gasteiger partial charge on any atom is -0.462 e. The summed E-state index contributed by atoms with van der Waals surface area (Å²) in [5, 5.41) is 2.66. The number of carbonyl (C=O) groups excluding carboxylic acids is 3. The van der Waals surface area contributed by atoms with Gasteiger partial charge in [-0.05, 0) is 19.1 Å². The number of hydrogen-bond acceptors (Lipinski definition) is 8. The summed E-state index contributed by atoms with van der Waals surface area (Å²) in [6.45, 7) is 5.32. The van der Waals surface area contributed by atoms with Crippen LogP contribution >= 0.6 is 11.3 Å². The van der Waals surface area contributed by atoms with Gasteiger partial charge in [0, 0.05) is 13.0 Å². The Bertz CT molecular complexity index is 896. The Balaban J connectivity index is 2.03. The molecule has 1 saturated heterocycles. The van der Waals surface area contributed by atoms with E-state index in [2.05, 4.69) is 11.9 Å². The van der Waals surface area contributed by atoms with Crippen LogP contribution in [0.25, 0.3) is 0 Å². The first kappa shape index (κ1) is 21.6. The molecular formula is C17H20N2O7S2. The summed E-state index contributed by atoms with van der Waals surface area (Å²) in [5.74, 6) is -0.938. The highest BCUT2D eigenvalue weighted by Crippen LogP contribution is 2.19. The lowest BCUT2D eigenvalue weighted by atomic mass is 10.2. The van der Waals surface area contributed by atoms with E-state index in [0.717, 1.165) is 11.3 Å². The van der Waals surface area contributed by atoms with Crippen molar-refractivity contribution in [2.75, 3.05) is 26.3 Å². The molecule has 28 heavy (non-hydrogen) atoms. The first-order valence-electron chi connectivity index (χ1n) is 8.40. The summed E-state index contributed by atoms with van der Waals surface area (Å²) in [6.07, 6.45) is 0.831. The summed E-state index contributed by atoms with van der Waals surface area (Å²) >= 11 is 0.988. The molecule has 0 radical (unpaired) electrons. The summed E-state index contributed by atoms with van der Waals surface area (Å²) < 4.78 is 32.3. The van der Waals surface area contributed by atoms with E-state index in [0.29, 0.717) is 9.75 Å². The van der Waals surface area contributed by atoms with E-state index in [9.17, 15) is 22.8 Å². The first-order chi connectivity index (χ1) is 13.4. The third-order valence-corrected chi connectivity index (χ3v) is 5.68. The monoisotopic (exact) mass is 428 g/mol. The first-order valence-corrected chi connectivity index (χ1v) is 10.3. The third kappa shape index (κ3) is 5.42. The molecule has 1 aromatic heterocycles. The Hall–Kier alpha value is -2.66. The van der Waals surface area contributed by atoms with Crippen molar-refractivity contribution in [3.63, 3.8) is 0 Å². The Morgan fingerprint density at radius 3 is 2.68 bits per heavy atom. The highest BCUT2D eigenvalue weighted by molar-refractivity contribution is 7.73. The molecule has 2 heterocycles. The van der Waals surface area contributed by atoms with Gasteiger partial charge in [0.1, 0.15) is 11.5 Å². The fraction of sp³-hybridized carbons (Fsp3) is 0.412. The predicted molar refractivity (Wildman–Crippen MR) is 103 cm³/mol. The van der Waals surface area contributed by atoms with Crippen molar-refractivity contribution in [1.82, 2.24) is 10.2 Å². The maximum absolute atomic E-state index is 12.3. The molecule has 152 valence electrons. The number of ether oxygens (including phenoxy) is 2. The number of thiophene rings is 1. The molecule has 0 aromatic carbocycles. The van der Waals surface area contributed by atoms with Gasteiger partial charge in [-0.1, -0.05) is 12.7 Å². The SMILES string of the molecule is C=CCOC(=O)N1CC(=S(=O)=O)C[C@H]1CNC(=O)c1ccc(C(=O)OCC)s1. The van der Waals surface area contributed by atoms with Crippen LogP contribution in [-0.2, 0) is 19.8 Å². The standard InChI is InChI=1S/C17H20N2O7S2/c1-3-7-26-17(22)19-10-12(28(23)24)8-11(19)9-18-15(20)13-5-6-14(27-13)16(21)25-4-2/h3,5-6,11H,1,4,7-10H2,2H3,(H,18,20)/t11-/m0/s1. The van der Waals surface area contributed by atoms with Gasteiger partial charge in [-0.3, -0.25) is 9.69 Å². The Morgan fingerprint density at radius 1 is 1.32 bits per heavy atom. The van der Waals surface area contributed by atoms with Gasteiger partial charge in [-0.15, -0.1) is 11.3 Å². The molecule has 0 saturated carbocycles. The van der Waals surface area contributed by atoms with Crippen LogP contribution < -0.4 is 5.32 Å². The third-order valence-electron chi connectivity index (χ3n) is 3.85. The van der Waals surface area contributed by atoms with Crippen LogP contribution in [0.15, 0.2) is 24.8 Å². The number of hydrogen-bond donors (Lipinski definition) is 1. The van der Waals surface area contributed by atoms with Crippen LogP contribution in [0.5, 0.6) is 0 Å². The van der Waals surface area contributed by atoms with E-state index >= 15 is 0 Å². The predicted octanol–water partition coefficient (Wildman–Crippen LogP) is 1.10. The molecule has 1 aliphatic rings.